The molecule has 2 rings (SSSR count). The van der Waals surface area contributed by atoms with Crippen LogP contribution in [0.4, 0.5) is 0 Å². The summed E-state index contributed by atoms with van der Waals surface area (Å²) in [6.45, 7) is 3.03. The fourth-order valence-electron chi connectivity index (χ4n) is 2.45. The summed E-state index contributed by atoms with van der Waals surface area (Å²) in [6, 6.07) is 6.62. The largest absolute Gasteiger partial charge is 0.494 e. The molecule has 0 radical (unpaired) electrons. The molecule has 0 bridgehead atoms. The van der Waals surface area contributed by atoms with Crippen molar-refractivity contribution in [3.8, 4) is 5.75 Å². The lowest BCUT2D eigenvalue weighted by molar-refractivity contribution is 0.305. The van der Waals surface area contributed by atoms with Crippen molar-refractivity contribution >= 4 is 0 Å². The molecule has 94 valence electrons. The van der Waals surface area contributed by atoms with Crippen molar-refractivity contribution in [1.82, 2.24) is 0 Å². The van der Waals surface area contributed by atoms with Gasteiger partial charge in [-0.3, -0.25) is 0 Å². The summed E-state index contributed by atoms with van der Waals surface area (Å²) < 4.78 is 5.77. The van der Waals surface area contributed by atoms with E-state index in [-0.39, 0.29) is 6.04 Å². The van der Waals surface area contributed by atoms with Crippen LogP contribution < -0.4 is 10.5 Å². The van der Waals surface area contributed by atoms with E-state index in [2.05, 4.69) is 25.1 Å². The van der Waals surface area contributed by atoms with Gasteiger partial charge in [0, 0.05) is 6.04 Å². The van der Waals surface area contributed by atoms with E-state index in [4.69, 9.17) is 10.5 Å². The molecule has 1 aromatic carbocycles. The van der Waals surface area contributed by atoms with Crippen LogP contribution >= 0.6 is 0 Å². The highest BCUT2D eigenvalue weighted by molar-refractivity contribution is 5.39. The normalized spacial score (nSPS) is 18.8. The van der Waals surface area contributed by atoms with Gasteiger partial charge >= 0.3 is 0 Å². The zero-order chi connectivity index (χ0) is 12.1. The quantitative estimate of drug-likeness (QED) is 0.789. The van der Waals surface area contributed by atoms with Crippen LogP contribution in [0.2, 0.25) is 0 Å². The molecule has 0 saturated carbocycles. The maximum atomic E-state index is 6.14. The van der Waals surface area contributed by atoms with E-state index in [0.717, 1.165) is 25.2 Å². The number of aryl methyl sites for hydroxylation is 1. The van der Waals surface area contributed by atoms with Gasteiger partial charge in [-0.15, -0.1) is 0 Å². The third-order valence-electron chi connectivity index (χ3n) is 3.49. The molecular weight excluding hydrogens is 210 g/mol. The third kappa shape index (κ3) is 3.22. The van der Waals surface area contributed by atoms with Crippen molar-refractivity contribution in [2.75, 3.05) is 6.61 Å². The van der Waals surface area contributed by atoms with Gasteiger partial charge in [0.25, 0.3) is 0 Å². The third-order valence-corrected chi connectivity index (χ3v) is 3.49. The molecule has 0 aliphatic heterocycles. The van der Waals surface area contributed by atoms with Crippen LogP contribution in [0.15, 0.2) is 18.2 Å². The van der Waals surface area contributed by atoms with Gasteiger partial charge in [0.1, 0.15) is 5.75 Å². The molecule has 1 aliphatic carbocycles. The zero-order valence-corrected chi connectivity index (χ0v) is 10.7. The Morgan fingerprint density at radius 1 is 1.35 bits per heavy atom. The molecule has 17 heavy (non-hydrogen) atoms. The summed E-state index contributed by atoms with van der Waals surface area (Å²) in [7, 11) is 0. The number of hydrogen-bond acceptors (Lipinski definition) is 2. The molecule has 2 heteroatoms. The highest BCUT2D eigenvalue weighted by Gasteiger charge is 2.16. The SMILES string of the molecule is CCCCCOc1ccc2c(c1)C(N)CCC2. The number of unbranched alkanes of at least 4 members (excludes halogenated alkanes) is 2. The van der Waals surface area contributed by atoms with Crippen LogP contribution in [0.3, 0.4) is 0 Å². The van der Waals surface area contributed by atoms with Crippen molar-refractivity contribution in [3.05, 3.63) is 29.3 Å². The Bertz CT molecular complexity index is 362. The average Bonchev–Trinajstić information content (AvgIpc) is 2.36. The molecule has 0 saturated heterocycles. The summed E-state index contributed by atoms with van der Waals surface area (Å²) in [5.41, 5.74) is 8.84. The lowest BCUT2D eigenvalue weighted by atomic mass is 9.88. The molecule has 1 aliphatic rings. The zero-order valence-electron chi connectivity index (χ0n) is 10.7. The second-order valence-corrected chi connectivity index (χ2v) is 4.91. The molecule has 0 fully saturated rings. The second-order valence-electron chi connectivity index (χ2n) is 4.91. The van der Waals surface area contributed by atoms with Crippen LogP contribution in [0.25, 0.3) is 0 Å². The second kappa shape index (κ2) is 6.06. The molecule has 0 amide bonds. The van der Waals surface area contributed by atoms with Crippen molar-refractivity contribution in [2.45, 2.75) is 51.5 Å². The van der Waals surface area contributed by atoms with E-state index >= 15 is 0 Å². The summed E-state index contributed by atoms with van der Waals surface area (Å²) in [4.78, 5) is 0. The standard InChI is InChI=1S/C15H23NO/c1-2-3-4-10-17-13-9-8-12-6-5-7-15(16)14(12)11-13/h8-9,11,15H,2-7,10,16H2,1H3. The fourth-order valence-corrected chi connectivity index (χ4v) is 2.45. The minimum Gasteiger partial charge on any atom is -0.494 e. The summed E-state index contributed by atoms with van der Waals surface area (Å²) in [6.07, 6.45) is 7.10. The van der Waals surface area contributed by atoms with E-state index in [1.807, 2.05) is 0 Å². The molecule has 2 N–H and O–H groups in total. The first-order chi connectivity index (χ1) is 8.31. The first-order valence-electron chi connectivity index (χ1n) is 6.82. The Hall–Kier alpha value is -1.02. The predicted molar refractivity (Wildman–Crippen MR) is 71.3 cm³/mol. The van der Waals surface area contributed by atoms with Crippen LogP contribution in [-0.2, 0) is 6.42 Å². The van der Waals surface area contributed by atoms with Gasteiger partial charge in [0.15, 0.2) is 0 Å². The predicted octanol–water partition coefficient (Wildman–Crippen LogP) is 3.59. The number of hydrogen-bond donors (Lipinski definition) is 1. The summed E-state index contributed by atoms with van der Waals surface area (Å²) >= 11 is 0. The van der Waals surface area contributed by atoms with Gasteiger partial charge in [-0.05, 0) is 48.9 Å². The maximum absolute atomic E-state index is 6.14. The molecule has 1 atom stereocenters. The summed E-state index contributed by atoms with van der Waals surface area (Å²) in [5.74, 6) is 0.984. The Labute approximate surface area is 104 Å². The monoisotopic (exact) mass is 233 g/mol. The molecule has 1 aromatic rings. The maximum Gasteiger partial charge on any atom is 0.119 e. The molecule has 1 unspecified atom stereocenters. The number of benzene rings is 1. The average molecular weight is 233 g/mol. The highest BCUT2D eigenvalue weighted by atomic mass is 16.5. The van der Waals surface area contributed by atoms with Crippen LogP contribution in [0.1, 0.15) is 56.2 Å². The van der Waals surface area contributed by atoms with Crippen molar-refractivity contribution < 1.29 is 4.74 Å². The van der Waals surface area contributed by atoms with Crippen molar-refractivity contribution in [1.29, 1.82) is 0 Å². The first-order valence-corrected chi connectivity index (χ1v) is 6.82. The van der Waals surface area contributed by atoms with Crippen molar-refractivity contribution in [3.63, 3.8) is 0 Å². The number of rotatable bonds is 5. The summed E-state index contributed by atoms with van der Waals surface area (Å²) in [5, 5.41) is 0. The van der Waals surface area contributed by atoms with Gasteiger partial charge in [0.05, 0.1) is 6.61 Å². The molecule has 2 nitrogen and oxygen atoms in total. The lowest BCUT2D eigenvalue weighted by Crippen LogP contribution is -2.17. The minimum atomic E-state index is 0.206. The van der Waals surface area contributed by atoms with Gasteiger partial charge < -0.3 is 10.5 Å². The van der Waals surface area contributed by atoms with E-state index in [1.165, 1.54) is 36.8 Å². The van der Waals surface area contributed by atoms with E-state index in [1.54, 1.807) is 0 Å². The fraction of sp³-hybridized carbons (Fsp3) is 0.600. The molecule has 0 aromatic heterocycles. The van der Waals surface area contributed by atoms with E-state index < -0.39 is 0 Å². The topological polar surface area (TPSA) is 35.2 Å². The Balaban J connectivity index is 1.97. The Morgan fingerprint density at radius 3 is 3.06 bits per heavy atom. The molecular formula is C15H23NO. The smallest absolute Gasteiger partial charge is 0.119 e. The van der Waals surface area contributed by atoms with Crippen LogP contribution in [-0.4, -0.2) is 6.61 Å². The van der Waals surface area contributed by atoms with Gasteiger partial charge in [-0.1, -0.05) is 25.8 Å². The van der Waals surface area contributed by atoms with Crippen LogP contribution in [0, 0.1) is 0 Å². The van der Waals surface area contributed by atoms with Gasteiger partial charge in [0.2, 0.25) is 0 Å². The lowest BCUT2D eigenvalue weighted by Gasteiger charge is -2.22. The molecule has 0 heterocycles. The highest BCUT2D eigenvalue weighted by Crippen LogP contribution is 2.30. The number of nitrogens with two attached hydrogens (primary N) is 1. The van der Waals surface area contributed by atoms with Crippen molar-refractivity contribution in [2.24, 2.45) is 5.73 Å². The van der Waals surface area contributed by atoms with Gasteiger partial charge in [-0.2, -0.15) is 0 Å². The number of fused-ring (bicyclic) bond motifs is 1. The van der Waals surface area contributed by atoms with E-state index in [9.17, 15) is 0 Å². The van der Waals surface area contributed by atoms with Crippen LogP contribution in [0.5, 0.6) is 5.75 Å². The number of ether oxygens (including phenoxy) is 1. The first kappa shape index (κ1) is 12.4. The molecule has 0 spiro atoms. The van der Waals surface area contributed by atoms with Gasteiger partial charge in [-0.25, -0.2) is 0 Å². The Morgan fingerprint density at radius 2 is 2.24 bits per heavy atom. The Kier molecular flexibility index (Phi) is 4.43. The minimum absolute atomic E-state index is 0.206. The van der Waals surface area contributed by atoms with E-state index in [0.29, 0.717) is 0 Å².